The Morgan fingerprint density at radius 1 is 0.857 bits per heavy atom. The number of carbonyl (C=O) groups is 6. The van der Waals surface area contributed by atoms with E-state index < -0.39 is 66.5 Å². The third-order valence-electron chi connectivity index (χ3n) is 3.62. The van der Waals surface area contributed by atoms with Gasteiger partial charge in [-0.15, -0.1) is 0 Å². The second-order valence-corrected chi connectivity index (χ2v) is 6.48. The molecule has 0 aliphatic carbocycles. The minimum atomic E-state index is -1.47. The van der Waals surface area contributed by atoms with Gasteiger partial charge in [0, 0.05) is 13.3 Å². The highest BCUT2D eigenvalue weighted by atomic mass is 16.4. The molecule has 0 bridgehead atoms. The molecule has 0 aromatic rings. The van der Waals surface area contributed by atoms with Gasteiger partial charge in [0.1, 0.15) is 18.1 Å². The van der Waals surface area contributed by atoms with E-state index in [-0.39, 0.29) is 12.3 Å². The maximum Gasteiger partial charge on any atom is 0.305 e. The Labute approximate surface area is 161 Å². The highest BCUT2D eigenvalue weighted by Gasteiger charge is 2.30. The lowest BCUT2D eigenvalue weighted by molar-refractivity contribution is -0.141. The SMILES string of the molecule is CC(=O)NC(CC(=O)O)C(=O)NC(CCC(=O)O)C(=O)NC(C(N)=O)C(C)C. The fourth-order valence-corrected chi connectivity index (χ4v) is 2.26. The first-order chi connectivity index (χ1) is 12.8. The molecule has 158 valence electrons. The predicted octanol–water partition coefficient (Wildman–Crippen LogP) is -2.06. The third-order valence-corrected chi connectivity index (χ3v) is 3.62. The van der Waals surface area contributed by atoms with Crippen molar-refractivity contribution in [2.75, 3.05) is 0 Å². The Balaban J connectivity index is 5.40. The van der Waals surface area contributed by atoms with Crippen molar-refractivity contribution in [2.45, 2.75) is 58.2 Å². The predicted molar refractivity (Wildman–Crippen MR) is 94.6 cm³/mol. The lowest BCUT2D eigenvalue weighted by Gasteiger charge is -2.25. The minimum Gasteiger partial charge on any atom is -0.481 e. The first kappa shape index (κ1) is 24.8. The van der Waals surface area contributed by atoms with Gasteiger partial charge in [0.05, 0.1) is 6.42 Å². The van der Waals surface area contributed by atoms with Crippen LogP contribution in [0.3, 0.4) is 0 Å². The summed E-state index contributed by atoms with van der Waals surface area (Å²) in [5.41, 5.74) is 5.22. The van der Waals surface area contributed by atoms with Crippen LogP contribution in [0.1, 0.15) is 40.0 Å². The van der Waals surface area contributed by atoms with Gasteiger partial charge in [-0.3, -0.25) is 28.8 Å². The molecular weight excluding hydrogens is 376 g/mol. The van der Waals surface area contributed by atoms with Crippen LogP contribution < -0.4 is 21.7 Å². The number of hydrogen-bond donors (Lipinski definition) is 6. The average Bonchev–Trinajstić information content (AvgIpc) is 2.53. The molecule has 12 heteroatoms. The van der Waals surface area contributed by atoms with Gasteiger partial charge < -0.3 is 31.9 Å². The van der Waals surface area contributed by atoms with Crippen LogP contribution in [-0.2, 0) is 28.8 Å². The zero-order chi connectivity index (χ0) is 22.0. The monoisotopic (exact) mass is 402 g/mol. The van der Waals surface area contributed by atoms with Gasteiger partial charge in [-0.05, 0) is 12.3 Å². The summed E-state index contributed by atoms with van der Waals surface area (Å²) in [5.74, 6) is -6.28. The van der Waals surface area contributed by atoms with Crippen molar-refractivity contribution in [1.82, 2.24) is 16.0 Å². The molecule has 4 amide bonds. The maximum absolute atomic E-state index is 12.4. The van der Waals surface area contributed by atoms with Gasteiger partial charge in [0.15, 0.2) is 0 Å². The van der Waals surface area contributed by atoms with E-state index in [2.05, 4.69) is 16.0 Å². The molecule has 0 heterocycles. The van der Waals surface area contributed by atoms with E-state index in [0.29, 0.717) is 0 Å². The minimum absolute atomic E-state index is 0.323. The molecule has 12 nitrogen and oxygen atoms in total. The van der Waals surface area contributed by atoms with Crippen molar-refractivity contribution < 1.29 is 39.0 Å². The Kier molecular flexibility index (Phi) is 10.2. The molecule has 0 radical (unpaired) electrons. The smallest absolute Gasteiger partial charge is 0.305 e. The lowest BCUT2D eigenvalue weighted by atomic mass is 10.0. The number of primary amides is 1. The highest BCUT2D eigenvalue weighted by Crippen LogP contribution is 2.05. The van der Waals surface area contributed by atoms with Crippen LogP contribution in [0.5, 0.6) is 0 Å². The van der Waals surface area contributed by atoms with Gasteiger partial charge >= 0.3 is 11.9 Å². The molecule has 0 saturated carbocycles. The summed E-state index contributed by atoms with van der Waals surface area (Å²) in [5, 5.41) is 24.4. The van der Waals surface area contributed by atoms with Crippen molar-refractivity contribution in [3.63, 3.8) is 0 Å². The molecule has 0 saturated heterocycles. The van der Waals surface area contributed by atoms with Crippen LogP contribution in [0, 0.1) is 5.92 Å². The molecule has 0 aliphatic rings. The fraction of sp³-hybridized carbons (Fsp3) is 0.625. The zero-order valence-corrected chi connectivity index (χ0v) is 15.9. The summed E-state index contributed by atoms with van der Waals surface area (Å²) in [6, 6.07) is -3.90. The molecule has 0 aromatic carbocycles. The summed E-state index contributed by atoms with van der Waals surface area (Å²) in [6.45, 7) is 4.33. The van der Waals surface area contributed by atoms with Gasteiger partial charge in [-0.25, -0.2) is 0 Å². The number of carboxylic acid groups (broad SMARTS) is 2. The zero-order valence-electron chi connectivity index (χ0n) is 15.9. The van der Waals surface area contributed by atoms with E-state index in [0.717, 1.165) is 6.92 Å². The third kappa shape index (κ3) is 9.50. The lowest BCUT2D eigenvalue weighted by Crippen LogP contribution is -2.57. The van der Waals surface area contributed by atoms with Crippen LogP contribution in [0.25, 0.3) is 0 Å². The van der Waals surface area contributed by atoms with E-state index in [1.807, 2.05) is 0 Å². The molecular formula is C16H26N4O8. The Morgan fingerprint density at radius 2 is 1.39 bits per heavy atom. The van der Waals surface area contributed by atoms with Crippen LogP contribution in [0.15, 0.2) is 0 Å². The standard InChI is InChI=1S/C16H26N4O8/c1-7(2)13(14(17)26)20-15(27)9(4-5-11(22)23)19-16(28)10(6-12(24)25)18-8(3)21/h7,9-10,13H,4-6H2,1-3H3,(H2,17,26)(H,18,21)(H,19,28)(H,20,27)(H,22,23)(H,24,25). The van der Waals surface area contributed by atoms with E-state index >= 15 is 0 Å². The number of amides is 4. The van der Waals surface area contributed by atoms with Crippen molar-refractivity contribution in [1.29, 1.82) is 0 Å². The number of carboxylic acids is 2. The van der Waals surface area contributed by atoms with Crippen molar-refractivity contribution in [3.05, 3.63) is 0 Å². The van der Waals surface area contributed by atoms with Gasteiger partial charge in [0.2, 0.25) is 23.6 Å². The number of nitrogens with one attached hydrogen (secondary N) is 3. The molecule has 0 aliphatic heterocycles. The van der Waals surface area contributed by atoms with Crippen molar-refractivity contribution in [2.24, 2.45) is 11.7 Å². The average molecular weight is 402 g/mol. The second kappa shape index (κ2) is 11.5. The fourth-order valence-electron chi connectivity index (χ4n) is 2.26. The molecule has 28 heavy (non-hydrogen) atoms. The number of rotatable bonds is 12. The summed E-state index contributed by atoms with van der Waals surface area (Å²) in [6.07, 6.45) is -1.55. The van der Waals surface area contributed by atoms with E-state index in [4.69, 9.17) is 15.9 Å². The Morgan fingerprint density at radius 3 is 1.79 bits per heavy atom. The normalized spacial score (nSPS) is 13.7. The van der Waals surface area contributed by atoms with Crippen LogP contribution in [-0.4, -0.2) is 63.9 Å². The highest BCUT2D eigenvalue weighted by molar-refractivity contribution is 5.95. The number of nitrogens with two attached hydrogens (primary N) is 1. The van der Waals surface area contributed by atoms with E-state index in [1.165, 1.54) is 0 Å². The van der Waals surface area contributed by atoms with Crippen LogP contribution >= 0.6 is 0 Å². The molecule has 0 aromatic heterocycles. The molecule has 0 fully saturated rings. The molecule has 0 spiro atoms. The Hall–Kier alpha value is -3.18. The first-order valence-electron chi connectivity index (χ1n) is 8.45. The maximum atomic E-state index is 12.4. The van der Waals surface area contributed by atoms with Crippen molar-refractivity contribution >= 4 is 35.6 Å². The quantitative estimate of drug-likeness (QED) is 0.213. The molecule has 7 N–H and O–H groups in total. The number of hydrogen-bond acceptors (Lipinski definition) is 6. The topological polar surface area (TPSA) is 205 Å². The Bertz CT molecular complexity index is 618. The first-order valence-corrected chi connectivity index (χ1v) is 8.45. The molecule has 3 atom stereocenters. The number of carbonyl (C=O) groups excluding carboxylic acids is 4. The largest absolute Gasteiger partial charge is 0.481 e. The van der Waals surface area contributed by atoms with Gasteiger partial charge in [-0.2, -0.15) is 0 Å². The van der Waals surface area contributed by atoms with Gasteiger partial charge in [0.25, 0.3) is 0 Å². The molecule has 0 rings (SSSR count). The van der Waals surface area contributed by atoms with E-state index in [1.54, 1.807) is 13.8 Å². The summed E-state index contributed by atoms with van der Waals surface area (Å²) < 4.78 is 0. The van der Waals surface area contributed by atoms with Gasteiger partial charge in [-0.1, -0.05) is 13.8 Å². The summed E-state index contributed by atoms with van der Waals surface area (Å²) >= 11 is 0. The van der Waals surface area contributed by atoms with E-state index in [9.17, 15) is 28.8 Å². The van der Waals surface area contributed by atoms with Crippen LogP contribution in [0.4, 0.5) is 0 Å². The second-order valence-electron chi connectivity index (χ2n) is 6.48. The molecule has 3 unspecified atom stereocenters. The summed E-state index contributed by atoms with van der Waals surface area (Å²) in [4.78, 5) is 69.1. The van der Waals surface area contributed by atoms with Crippen LogP contribution in [0.2, 0.25) is 0 Å². The summed E-state index contributed by atoms with van der Waals surface area (Å²) in [7, 11) is 0. The van der Waals surface area contributed by atoms with Crippen molar-refractivity contribution in [3.8, 4) is 0 Å². The number of aliphatic carboxylic acids is 2.